The maximum Gasteiger partial charge on any atom is 0.199 e. The SMILES string of the molecule is O=c1ccn(CCC=Cc2ccc(Br)cc2)c2ccsc12. The molecular weight excluding hydrogens is 346 g/mol. The Kier molecular flexibility index (Phi) is 4.36. The largest absolute Gasteiger partial charge is 0.346 e. The minimum Gasteiger partial charge on any atom is -0.346 e. The van der Waals surface area contributed by atoms with E-state index in [9.17, 15) is 4.79 Å². The van der Waals surface area contributed by atoms with Gasteiger partial charge in [-0.05, 0) is 35.6 Å². The summed E-state index contributed by atoms with van der Waals surface area (Å²) < 4.78 is 4.07. The molecule has 0 spiro atoms. The number of hydrogen-bond donors (Lipinski definition) is 0. The Bertz CT molecular complexity index is 830. The molecule has 0 saturated heterocycles. The maximum absolute atomic E-state index is 11.7. The van der Waals surface area contributed by atoms with Crippen molar-refractivity contribution < 1.29 is 0 Å². The van der Waals surface area contributed by atoms with E-state index in [2.05, 4.69) is 44.8 Å². The lowest BCUT2D eigenvalue weighted by Crippen LogP contribution is -2.05. The molecule has 4 heteroatoms. The summed E-state index contributed by atoms with van der Waals surface area (Å²) in [5.74, 6) is 0. The normalized spacial score (nSPS) is 11.5. The molecule has 0 atom stereocenters. The molecule has 106 valence electrons. The zero-order valence-electron chi connectivity index (χ0n) is 11.3. The van der Waals surface area contributed by atoms with Crippen LogP contribution in [0.25, 0.3) is 16.3 Å². The van der Waals surface area contributed by atoms with Crippen LogP contribution in [-0.4, -0.2) is 4.57 Å². The molecule has 0 unspecified atom stereocenters. The van der Waals surface area contributed by atoms with E-state index in [1.54, 1.807) is 6.07 Å². The fourth-order valence-electron chi connectivity index (χ4n) is 2.23. The Balaban J connectivity index is 1.69. The summed E-state index contributed by atoms with van der Waals surface area (Å²) in [5.41, 5.74) is 2.34. The number of aryl methyl sites for hydroxylation is 1. The number of allylic oxidation sites excluding steroid dienone is 1. The van der Waals surface area contributed by atoms with Crippen LogP contribution in [0.5, 0.6) is 0 Å². The molecule has 0 saturated carbocycles. The lowest BCUT2D eigenvalue weighted by molar-refractivity contribution is 0.733. The van der Waals surface area contributed by atoms with Gasteiger partial charge < -0.3 is 4.57 Å². The maximum atomic E-state index is 11.7. The van der Waals surface area contributed by atoms with Gasteiger partial charge in [0.05, 0.1) is 10.2 Å². The highest BCUT2D eigenvalue weighted by Gasteiger charge is 2.02. The van der Waals surface area contributed by atoms with E-state index in [-0.39, 0.29) is 5.43 Å². The number of rotatable bonds is 4. The Morgan fingerprint density at radius 1 is 1.14 bits per heavy atom. The van der Waals surface area contributed by atoms with Crippen LogP contribution in [0.2, 0.25) is 0 Å². The second kappa shape index (κ2) is 6.41. The first-order valence-corrected chi connectivity index (χ1v) is 8.40. The standard InChI is InChI=1S/C17H14BrNOS/c18-14-6-4-13(5-7-14)3-1-2-10-19-11-8-16(20)17-15(19)9-12-21-17/h1,3-9,11-12H,2,10H2. The van der Waals surface area contributed by atoms with Gasteiger partial charge in [0, 0.05) is 23.3 Å². The van der Waals surface area contributed by atoms with E-state index in [0.29, 0.717) is 0 Å². The first kappa shape index (κ1) is 14.3. The minimum atomic E-state index is 0.113. The van der Waals surface area contributed by atoms with Crippen LogP contribution >= 0.6 is 27.3 Å². The smallest absolute Gasteiger partial charge is 0.199 e. The van der Waals surface area contributed by atoms with Crippen molar-refractivity contribution in [2.45, 2.75) is 13.0 Å². The highest BCUT2D eigenvalue weighted by atomic mass is 79.9. The van der Waals surface area contributed by atoms with Crippen molar-refractivity contribution in [1.29, 1.82) is 0 Å². The van der Waals surface area contributed by atoms with Gasteiger partial charge in [0.15, 0.2) is 5.43 Å². The van der Waals surface area contributed by atoms with Gasteiger partial charge in [0.25, 0.3) is 0 Å². The highest BCUT2D eigenvalue weighted by Crippen LogP contribution is 2.17. The second-order valence-corrected chi connectivity index (χ2v) is 6.58. The van der Waals surface area contributed by atoms with Gasteiger partial charge in [-0.25, -0.2) is 0 Å². The summed E-state index contributed by atoms with van der Waals surface area (Å²) in [6.07, 6.45) is 7.11. The lowest BCUT2D eigenvalue weighted by Gasteiger charge is -2.05. The van der Waals surface area contributed by atoms with Crippen LogP contribution in [0.15, 0.2) is 63.3 Å². The molecule has 0 radical (unpaired) electrons. The third kappa shape index (κ3) is 3.34. The molecule has 3 rings (SSSR count). The number of aromatic nitrogens is 1. The van der Waals surface area contributed by atoms with Crippen molar-refractivity contribution in [3.63, 3.8) is 0 Å². The van der Waals surface area contributed by atoms with Gasteiger partial charge in [-0.3, -0.25) is 4.79 Å². The van der Waals surface area contributed by atoms with Crippen molar-refractivity contribution in [3.8, 4) is 0 Å². The number of pyridine rings is 1. The minimum absolute atomic E-state index is 0.113. The predicted octanol–water partition coefficient (Wildman–Crippen LogP) is 4.93. The van der Waals surface area contributed by atoms with Crippen LogP contribution < -0.4 is 5.43 Å². The summed E-state index contributed by atoms with van der Waals surface area (Å²) in [6.45, 7) is 0.876. The van der Waals surface area contributed by atoms with Crippen LogP contribution in [0.3, 0.4) is 0 Å². The van der Waals surface area contributed by atoms with E-state index in [4.69, 9.17) is 0 Å². The molecule has 0 amide bonds. The van der Waals surface area contributed by atoms with Crippen LogP contribution in [0, 0.1) is 0 Å². The number of hydrogen-bond acceptors (Lipinski definition) is 2. The average molecular weight is 360 g/mol. The second-order valence-electron chi connectivity index (χ2n) is 4.75. The monoisotopic (exact) mass is 359 g/mol. The van der Waals surface area contributed by atoms with Gasteiger partial charge in [-0.1, -0.05) is 40.2 Å². The topological polar surface area (TPSA) is 22.0 Å². The molecule has 0 fully saturated rings. The molecule has 0 aliphatic heterocycles. The Morgan fingerprint density at radius 3 is 2.76 bits per heavy atom. The number of benzene rings is 1. The first-order chi connectivity index (χ1) is 10.2. The molecular formula is C17H14BrNOS. The number of nitrogens with zero attached hydrogens (tertiary/aromatic N) is 1. The van der Waals surface area contributed by atoms with Gasteiger partial charge in [0.1, 0.15) is 0 Å². The molecule has 21 heavy (non-hydrogen) atoms. The first-order valence-electron chi connectivity index (χ1n) is 6.73. The number of fused-ring (bicyclic) bond motifs is 1. The van der Waals surface area contributed by atoms with Crippen LogP contribution in [0.1, 0.15) is 12.0 Å². The van der Waals surface area contributed by atoms with E-state index < -0.39 is 0 Å². The zero-order chi connectivity index (χ0) is 14.7. The van der Waals surface area contributed by atoms with Crippen LogP contribution in [0.4, 0.5) is 0 Å². The molecule has 2 nitrogen and oxygen atoms in total. The summed E-state index contributed by atoms with van der Waals surface area (Å²) >= 11 is 4.94. The molecule has 3 aromatic rings. The van der Waals surface area contributed by atoms with Crippen molar-refractivity contribution in [3.05, 3.63) is 74.3 Å². The Hall–Kier alpha value is -1.65. The van der Waals surface area contributed by atoms with Gasteiger partial charge >= 0.3 is 0 Å². The molecule has 1 aromatic carbocycles. The van der Waals surface area contributed by atoms with Gasteiger partial charge in [0.2, 0.25) is 0 Å². The quantitative estimate of drug-likeness (QED) is 0.647. The van der Waals surface area contributed by atoms with E-state index >= 15 is 0 Å². The van der Waals surface area contributed by atoms with E-state index in [0.717, 1.165) is 27.7 Å². The van der Waals surface area contributed by atoms with Crippen molar-refractivity contribution in [2.24, 2.45) is 0 Å². The molecule has 0 aliphatic carbocycles. The number of halogens is 1. The molecule has 0 bridgehead atoms. The fraction of sp³-hybridized carbons (Fsp3) is 0.118. The zero-order valence-corrected chi connectivity index (χ0v) is 13.7. The van der Waals surface area contributed by atoms with Crippen molar-refractivity contribution >= 4 is 43.6 Å². The summed E-state index contributed by atoms with van der Waals surface area (Å²) in [5, 5.41) is 1.97. The fourth-order valence-corrected chi connectivity index (χ4v) is 3.32. The average Bonchev–Trinajstić information content (AvgIpc) is 2.98. The summed E-state index contributed by atoms with van der Waals surface area (Å²) in [4.78, 5) is 11.7. The Labute approximate surface area is 135 Å². The van der Waals surface area contributed by atoms with Gasteiger partial charge in [-0.15, -0.1) is 11.3 Å². The molecule has 2 aromatic heterocycles. The van der Waals surface area contributed by atoms with Crippen molar-refractivity contribution in [1.82, 2.24) is 4.57 Å². The summed E-state index contributed by atoms with van der Waals surface area (Å²) in [7, 11) is 0. The van der Waals surface area contributed by atoms with E-state index in [1.165, 1.54) is 16.9 Å². The third-order valence-corrected chi connectivity index (χ3v) is 4.75. The number of thiophene rings is 1. The van der Waals surface area contributed by atoms with Crippen molar-refractivity contribution in [2.75, 3.05) is 0 Å². The molecule has 2 heterocycles. The van der Waals surface area contributed by atoms with Gasteiger partial charge in [-0.2, -0.15) is 0 Å². The predicted molar refractivity (Wildman–Crippen MR) is 93.9 cm³/mol. The third-order valence-electron chi connectivity index (χ3n) is 3.30. The highest BCUT2D eigenvalue weighted by molar-refractivity contribution is 9.10. The molecule has 0 N–H and O–H groups in total. The lowest BCUT2D eigenvalue weighted by atomic mass is 10.2. The molecule has 0 aliphatic rings. The summed E-state index contributed by atoms with van der Waals surface area (Å²) in [6, 6.07) is 11.9. The van der Waals surface area contributed by atoms with Crippen LogP contribution in [-0.2, 0) is 6.54 Å². The Morgan fingerprint density at radius 2 is 1.95 bits per heavy atom. The van der Waals surface area contributed by atoms with E-state index in [1.807, 2.05) is 29.8 Å².